The molecule has 2 rings (SSSR count). The summed E-state index contributed by atoms with van der Waals surface area (Å²) < 4.78 is 0. The summed E-state index contributed by atoms with van der Waals surface area (Å²) in [5.41, 5.74) is 1.85. The standard InChI is InChI=1S/C12H12N4O3/c1-7-2-3-8(11(17)18)4-10(7)16-12(19)15-9-5-13-14-6-9/h2-6H,1H3,(H,13,14)(H,17,18)(H2,15,16,19). The molecule has 0 saturated carbocycles. The Balaban J connectivity index is 2.11. The number of hydrogen-bond donors (Lipinski definition) is 4. The van der Waals surface area contributed by atoms with E-state index in [-0.39, 0.29) is 5.56 Å². The molecule has 0 aliphatic rings. The van der Waals surface area contributed by atoms with E-state index < -0.39 is 12.0 Å². The number of urea groups is 1. The number of aromatic amines is 1. The van der Waals surface area contributed by atoms with E-state index in [1.165, 1.54) is 24.5 Å². The van der Waals surface area contributed by atoms with Crippen LogP contribution in [0.3, 0.4) is 0 Å². The van der Waals surface area contributed by atoms with E-state index in [0.29, 0.717) is 11.4 Å². The molecule has 0 spiro atoms. The van der Waals surface area contributed by atoms with Gasteiger partial charge in [0, 0.05) is 11.9 Å². The largest absolute Gasteiger partial charge is 0.478 e. The monoisotopic (exact) mass is 260 g/mol. The molecule has 0 fully saturated rings. The third kappa shape index (κ3) is 3.09. The molecule has 1 heterocycles. The van der Waals surface area contributed by atoms with Crippen molar-refractivity contribution >= 4 is 23.4 Å². The highest BCUT2D eigenvalue weighted by Crippen LogP contribution is 2.17. The number of carbonyl (C=O) groups is 2. The lowest BCUT2D eigenvalue weighted by Gasteiger charge is -2.09. The Hall–Kier alpha value is -2.83. The van der Waals surface area contributed by atoms with Crippen LogP contribution in [0, 0.1) is 6.92 Å². The number of aryl methyl sites for hydroxylation is 1. The van der Waals surface area contributed by atoms with Gasteiger partial charge in [0.15, 0.2) is 0 Å². The number of nitrogens with zero attached hydrogens (tertiary/aromatic N) is 1. The van der Waals surface area contributed by atoms with Crippen molar-refractivity contribution < 1.29 is 14.7 Å². The van der Waals surface area contributed by atoms with Crippen LogP contribution < -0.4 is 10.6 Å². The highest BCUT2D eigenvalue weighted by atomic mass is 16.4. The SMILES string of the molecule is Cc1ccc(C(=O)O)cc1NC(=O)Nc1cn[nH]c1. The molecule has 7 heteroatoms. The number of carbonyl (C=O) groups excluding carboxylic acids is 1. The number of rotatable bonds is 3. The lowest BCUT2D eigenvalue weighted by atomic mass is 10.1. The van der Waals surface area contributed by atoms with Gasteiger partial charge in [-0.05, 0) is 24.6 Å². The van der Waals surface area contributed by atoms with Gasteiger partial charge in [0.25, 0.3) is 0 Å². The van der Waals surface area contributed by atoms with Gasteiger partial charge in [0.05, 0.1) is 17.4 Å². The molecule has 0 aliphatic heterocycles. The Morgan fingerprint density at radius 3 is 2.74 bits per heavy atom. The summed E-state index contributed by atoms with van der Waals surface area (Å²) in [5.74, 6) is -1.04. The van der Waals surface area contributed by atoms with Gasteiger partial charge in [-0.25, -0.2) is 9.59 Å². The number of carboxylic acids is 1. The molecule has 1 aromatic carbocycles. The first kappa shape index (κ1) is 12.6. The molecule has 98 valence electrons. The van der Waals surface area contributed by atoms with Gasteiger partial charge in [-0.1, -0.05) is 6.07 Å². The molecule has 0 atom stereocenters. The Morgan fingerprint density at radius 1 is 1.32 bits per heavy atom. The highest BCUT2D eigenvalue weighted by molar-refractivity contribution is 6.01. The second kappa shape index (κ2) is 5.21. The molecule has 1 aromatic heterocycles. The second-order valence-corrected chi connectivity index (χ2v) is 3.90. The summed E-state index contributed by atoms with van der Waals surface area (Å²) in [5, 5.41) is 20.3. The predicted molar refractivity (Wildman–Crippen MR) is 69.4 cm³/mol. The number of benzene rings is 1. The van der Waals surface area contributed by atoms with E-state index in [2.05, 4.69) is 20.8 Å². The molecule has 0 unspecified atom stereocenters. The Bertz CT molecular complexity index is 607. The van der Waals surface area contributed by atoms with Crippen LogP contribution in [-0.2, 0) is 0 Å². The third-order valence-corrected chi connectivity index (χ3v) is 2.49. The number of hydrogen-bond acceptors (Lipinski definition) is 3. The van der Waals surface area contributed by atoms with Crippen molar-refractivity contribution in [1.82, 2.24) is 10.2 Å². The van der Waals surface area contributed by atoms with Crippen LogP contribution in [0.15, 0.2) is 30.6 Å². The van der Waals surface area contributed by atoms with Crippen LogP contribution in [-0.4, -0.2) is 27.3 Å². The fourth-order valence-electron chi connectivity index (χ4n) is 1.49. The first-order valence-corrected chi connectivity index (χ1v) is 5.47. The number of amides is 2. The zero-order valence-electron chi connectivity index (χ0n) is 10.1. The summed E-state index contributed by atoms with van der Waals surface area (Å²) in [4.78, 5) is 22.6. The molecule has 0 bridgehead atoms. The van der Waals surface area contributed by atoms with Crippen molar-refractivity contribution in [3.8, 4) is 0 Å². The molecule has 2 aromatic rings. The zero-order chi connectivity index (χ0) is 13.8. The van der Waals surface area contributed by atoms with Gasteiger partial charge in [-0.3, -0.25) is 5.10 Å². The van der Waals surface area contributed by atoms with Crippen LogP contribution in [0.5, 0.6) is 0 Å². The lowest BCUT2D eigenvalue weighted by Crippen LogP contribution is -2.20. The third-order valence-electron chi connectivity index (χ3n) is 2.49. The van der Waals surface area contributed by atoms with Crippen molar-refractivity contribution in [2.24, 2.45) is 0 Å². The number of anilines is 2. The summed E-state index contributed by atoms with van der Waals surface area (Å²) >= 11 is 0. The number of aromatic nitrogens is 2. The van der Waals surface area contributed by atoms with Gasteiger partial charge in [-0.15, -0.1) is 0 Å². The fourth-order valence-corrected chi connectivity index (χ4v) is 1.49. The minimum atomic E-state index is -1.04. The maximum Gasteiger partial charge on any atom is 0.335 e. The number of carboxylic acid groups (broad SMARTS) is 1. The molecular weight excluding hydrogens is 248 g/mol. The van der Waals surface area contributed by atoms with Crippen LogP contribution in [0.2, 0.25) is 0 Å². The number of aromatic carboxylic acids is 1. The van der Waals surface area contributed by atoms with E-state index >= 15 is 0 Å². The second-order valence-electron chi connectivity index (χ2n) is 3.90. The molecule has 19 heavy (non-hydrogen) atoms. The average molecular weight is 260 g/mol. The lowest BCUT2D eigenvalue weighted by molar-refractivity contribution is 0.0697. The number of nitrogens with one attached hydrogen (secondary N) is 3. The molecule has 0 aliphatic carbocycles. The maximum atomic E-state index is 11.7. The smallest absolute Gasteiger partial charge is 0.335 e. The Morgan fingerprint density at radius 2 is 2.11 bits per heavy atom. The van der Waals surface area contributed by atoms with Crippen molar-refractivity contribution in [3.63, 3.8) is 0 Å². The predicted octanol–water partition coefficient (Wildman–Crippen LogP) is 2.06. The molecule has 2 amide bonds. The molecule has 7 nitrogen and oxygen atoms in total. The van der Waals surface area contributed by atoms with Gasteiger partial charge in [0.1, 0.15) is 0 Å². The van der Waals surface area contributed by atoms with Crippen LogP contribution in [0.25, 0.3) is 0 Å². The number of H-pyrrole nitrogens is 1. The minimum Gasteiger partial charge on any atom is -0.478 e. The Kier molecular flexibility index (Phi) is 3.46. The topological polar surface area (TPSA) is 107 Å². The van der Waals surface area contributed by atoms with Crippen molar-refractivity contribution in [2.75, 3.05) is 10.6 Å². The summed E-state index contributed by atoms with van der Waals surface area (Å²) in [6, 6.07) is 4.06. The van der Waals surface area contributed by atoms with Crippen LogP contribution in [0.4, 0.5) is 16.2 Å². The molecular formula is C12H12N4O3. The summed E-state index contributed by atoms with van der Waals surface area (Å²) in [6.07, 6.45) is 2.99. The van der Waals surface area contributed by atoms with Gasteiger partial charge in [-0.2, -0.15) is 5.10 Å². The van der Waals surface area contributed by atoms with Crippen molar-refractivity contribution in [3.05, 3.63) is 41.7 Å². The van der Waals surface area contributed by atoms with Crippen LogP contribution in [0.1, 0.15) is 15.9 Å². The van der Waals surface area contributed by atoms with E-state index in [1.54, 1.807) is 13.0 Å². The van der Waals surface area contributed by atoms with E-state index in [4.69, 9.17) is 5.11 Å². The molecule has 0 radical (unpaired) electrons. The fraction of sp³-hybridized carbons (Fsp3) is 0.0833. The highest BCUT2D eigenvalue weighted by Gasteiger charge is 2.09. The van der Waals surface area contributed by atoms with E-state index in [0.717, 1.165) is 5.56 Å². The van der Waals surface area contributed by atoms with Gasteiger partial charge in [0.2, 0.25) is 0 Å². The van der Waals surface area contributed by atoms with E-state index in [1.807, 2.05) is 0 Å². The van der Waals surface area contributed by atoms with Crippen molar-refractivity contribution in [1.29, 1.82) is 0 Å². The van der Waals surface area contributed by atoms with Crippen LogP contribution >= 0.6 is 0 Å². The zero-order valence-corrected chi connectivity index (χ0v) is 10.1. The Labute approximate surface area is 108 Å². The summed E-state index contributed by atoms with van der Waals surface area (Å²) in [7, 11) is 0. The summed E-state index contributed by atoms with van der Waals surface area (Å²) in [6.45, 7) is 1.78. The maximum absolute atomic E-state index is 11.7. The quantitative estimate of drug-likeness (QED) is 0.677. The first-order chi connectivity index (χ1) is 9.06. The first-order valence-electron chi connectivity index (χ1n) is 5.47. The van der Waals surface area contributed by atoms with Crippen molar-refractivity contribution in [2.45, 2.75) is 6.92 Å². The molecule has 4 N–H and O–H groups in total. The van der Waals surface area contributed by atoms with Gasteiger partial charge >= 0.3 is 12.0 Å². The average Bonchev–Trinajstić information content (AvgIpc) is 2.84. The minimum absolute atomic E-state index is 0.115. The molecule has 0 saturated heterocycles. The van der Waals surface area contributed by atoms with Gasteiger partial charge < -0.3 is 15.7 Å². The van der Waals surface area contributed by atoms with E-state index in [9.17, 15) is 9.59 Å². The normalized spacial score (nSPS) is 9.95.